The maximum atomic E-state index is 4.45. The van der Waals surface area contributed by atoms with Crippen molar-refractivity contribution in [3.63, 3.8) is 0 Å². The Morgan fingerprint density at radius 1 is 1.47 bits per heavy atom. The lowest BCUT2D eigenvalue weighted by Gasteiger charge is -2.19. The van der Waals surface area contributed by atoms with E-state index in [2.05, 4.69) is 68.7 Å². The molecule has 1 unspecified atom stereocenters. The van der Waals surface area contributed by atoms with Gasteiger partial charge in [-0.05, 0) is 53.7 Å². The van der Waals surface area contributed by atoms with E-state index in [9.17, 15) is 0 Å². The summed E-state index contributed by atoms with van der Waals surface area (Å²) in [5.41, 5.74) is 1.26. The Balaban J connectivity index is 2.12. The quantitative estimate of drug-likeness (QED) is 0.897. The fourth-order valence-corrected chi connectivity index (χ4v) is 3.33. The van der Waals surface area contributed by atoms with Gasteiger partial charge in [0.15, 0.2) is 0 Å². The van der Waals surface area contributed by atoms with Crippen molar-refractivity contribution in [3.05, 3.63) is 44.7 Å². The van der Waals surface area contributed by atoms with Gasteiger partial charge in [0.2, 0.25) is 0 Å². The van der Waals surface area contributed by atoms with Crippen LogP contribution >= 0.6 is 27.3 Å². The Hall–Kier alpha value is -0.910. The van der Waals surface area contributed by atoms with E-state index in [-0.39, 0.29) is 0 Å². The first-order chi connectivity index (χ1) is 9.10. The van der Waals surface area contributed by atoms with Crippen molar-refractivity contribution in [2.24, 2.45) is 0 Å². The standard InChI is InChI=1S/C14H18BrN3S/c1-10(16-2)11-4-5-17-14(6-11)18(3)8-13-7-12(15)9-19-13/h4-7,9-10,16H,8H2,1-3H3. The molecule has 0 aromatic carbocycles. The van der Waals surface area contributed by atoms with E-state index in [0.29, 0.717) is 6.04 Å². The van der Waals surface area contributed by atoms with Crippen molar-refractivity contribution in [1.82, 2.24) is 10.3 Å². The monoisotopic (exact) mass is 339 g/mol. The zero-order chi connectivity index (χ0) is 13.8. The highest BCUT2D eigenvalue weighted by Crippen LogP contribution is 2.23. The minimum Gasteiger partial charge on any atom is -0.355 e. The van der Waals surface area contributed by atoms with Crippen LogP contribution in [0.3, 0.4) is 0 Å². The third-order valence-electron chi connectivity index (χ3n) is 3.11. The first-order valence-corrected chi connectivity index (χ1v) is 7.84. The summed E-state index contributed by atoms with van der Waals surface area (Å²) in [4.78, 5) is 7.94. The van der Waals surface area contributed by atoms with E-state index in [1.165, 1.54) is 10.4 Å². The fourth-order valence-electron chi connectivity index (χ4n) is 1.83. The second kappa shape index (κ2) is 6.50. The minimum atomic E-state index is 0.339. The van der Waals surface area contributed by atoms with Crippen LogP contribution in [-0.4, -0.2) is 19.1 Å². The first-order valence-electron chi connectivity index (χ1n) is 6.17. The Kier molecular flexibility index (Phi) is 4.96. The molecule has 0 aliphatic heterocycles. The summed E-state index contributed by atoms with van der Waals surface area (Å²) in [6, 6.07) is 6.69. The van der Waals surface area contributed by atoms with Crippen molar-refractivity contribution in [2.45, 2.75) is 19.5 Å². The maximum Gasteiger partial charge on any atom is 0.128 e. The zero-order valence-corrected chi connectivity index (χ0v) is 13.8. The lowest BCUT2D eigenvalue weighted by atomic mass is 10.1. The fraction of sp³-hybridized carbons (Fsp3) is 0.357. The minimum absolute atomic E-state index is 0.339. The van der Waals surface area contributed by atoms with Crippen LogP contribution in [-0.2, 0) is 6.54 Å². The topological polar surface area (TPSA) is 28.2 Å². The Bertz CT molecular complexity index is 541. The lowest BCUT2D eigenvalue weighted by Crippen LogP contribution is -2.18. The number of halogens is 1. The summed E-state index contributed by atoms with van der Waals surface area (Å²) < 4.78 is 1.14. The van der Waals surface area contributed by atoms with E-state index >= 15 is 0 Å². The van der Waals surface area contributed by atoms with Crippen molar-refractivity contribution in [3.8, 4) is 0 Å². The summed E-state index contributed by atoms with van der Waals surface area (Å²) in [7, 11) is 4.04. The highest BCUT2D eigenvalue weighted by Gasteiger charge is 2.08. The molecule has 0 aliphatic carbocycles. The van der Waals surface area contributed by atoms with Crippen molar-refractivity contribution < 1.29 is 0 Å². The van der Waals surface area contributed by atoms with Gasteiger partial charge in [0.1, 0.15) is 5.82 Å². The average molecular weight is 340 g/mol. The molecule has 1 N–H and O–H groups in total. The SMILES string of the molecule is CNC(C)c1ccnc(N(C)Cc2cc(Br)cs2)c1. The largest absolute Gasteiger partial charge is 0.355 e. The third kappa shape index (κ3) is 3.78. The molecule has 2 aromatic rings. The highest BCUT2D eigenvalue weighted by molar-refractivity contribution is 9.10. The van der Waals surface area contributed by atoms with Crippen LogP contribution in [0.4, 0.5) is 5.82 Å². The van der Waals surface area contributed by atoms with Crippen LogP contribution in [0, 0.1) is 0 Å². The highest BCUT2D eigenvalue weighted by atomic mass is 79.9. The number of thiophene rings is 1. The first kappa shape index (κ1) is 14.5. The predicted octanol–water partition coefficient (Wildman–Crippen LogP) is 3.82. The van der Waals surface area contributed by atoms with E-state index in [1.807, 2.05) is 13.2 Å². The van der Waals surface area contributed by atoms with Crippen LogP contribution in [0.2, 0.25) is 0 Å². The smallest absolute Gasteiger partial charge is 0.128 e. The summed E-state index contributed by atoms with van der Waals surface area (Å²) in [6.45, 7) is 3.02. The molecule has 3 nitrogen and oxygen atoms in total. The van der Waals surface area contributed by atoms with Gasteiger partial charge in [0.25, 0.3) is 0 Å². The average Bonchev–Trinajstić information content (AvgIpc) is 2.83. The molecule has 2 aromatic heterocycles. The number of aromatic nitrogens is 1. The van der Waals surface area contributed by atoms with E-state index in [1.54, 1.807) is 11.3 Å². The van der Waals surface area contributed by atoms with Gasteiger partial charge < -0.3 is 10.2 Å². The van der Waals surface area contributed by atoms with Gasteiger partial charge in [-0.15, -0.1) is 11.3 Å². The van der Waals surface area contributed by atoms with Gasteiger partial charge in [-0.1, -0.05) is 0 Å². The molecule has 5 heteroatoms. The van der Waals surface area contributed by atoms with Crippen LogP contribution in [0.1, 0.15) is 23.4 Å². The van der Waals surface area contributed by atoms with Gasteiger partial charge in [-0.25, -0.2) is 4.98 Å². The lowest BCUT2D eigenvalue weighted by molar-refractivity contribution is 0.651. The summed E-state index contributed by atoms with van der Waals surface area (Å²) >= 11 is 5.25. The van der Waals surface area contributed by atoms with E-state index in [0.717, 1.165) is 16.8 Å². The molecule has 0 bridgehead atoms. The number of anilines is 1. The molecule has 0 aliphatic rings. The molecule has 0 saturated carbocycles. The van der Waals surface area contributed by atoms with Gasteiger partial charge in [0, 0.05) is 34.0 Å². The number of pyridine rings is 1. The Morgan fingerprint density at radius 3 is 2.89 bits per heavy atom. The zero-order valence-electron chi connectivity index (χ0n) is 11.4. The van der Waals surface area contributed by atoms with Gasteiger partial charge in [0.05, 0.1) is 6.54 Å². The van der Waals surface area contributed by atoms with Crippen LogP contribution < -0.4 is 10.2 Å². The molecule has 0 radical (unpaired) electrons. The van der Waals surface area contributed by atoms with E-state index in [4.69, 9.17) is 0 Å². The Morgan fingerprint density at radius 2 is 2.26 bits per heavy atom. The van der Waals surface area contributed by atoms with Crippen molar-refractivity contribution in [2.75, 3.05) is 19.0 Å². The van der Waals surface area contributed by atoms with E-state index < -0.39 is 0 Å². The van der Waals surface area contributed by atoms with Gasteiger partial charge in [-0.3, -0.25) is 0 Å². The molecule has 102 valence electrons. The van der Waals surface area contributed by atoms with Crippen molar-refractivity contribution >= 4 is 33.1 Å². The molecule has 0 saturated heterocycles. The van der Waals surface area contributed by atoms with Gasteiger partial charge >= 0.3 is 0 Å². The molecule has 0 amide bonds. The molecule has 0 spiro atoms. The summed E-state index contributed by atoms with van der Waals surface area (Å²) in [5, 5.41) is 5.36. The molecule has 19 heavy (non-hydrogen) atoms. The molecular formula is C14H18BrN3S. The van der Waals surface area contributed by atoms with Crippen LogP contribution in [0.25, 0.3) is 0 Å². The summed E-state index contributed by atoms with van der Waals surface area (Å²) in [6.07, 6.45) is 1.87. The predicted molar refractivity (Wildman–Crippen MR) is 85.8 cm³/mol. The van der Waals surface area contributed by atoms with Gasteiger partial charge in [-0.2, -0.15) is 0 Å². The maximum absolute atomic E-state index is 4.45. The molecule has 2 heterocycles. The second-order valence-electron chi connectivity index (χ2n) is 4.55. The normalized spacial score (nSPS) is 12.4. The number of nitrogens with one attached hydrogen (secondary N) is 1. The molecule has 1 atom stereocenters. The Labute approximate surface area is 126 Å². The summed E-state index contributed by atoms with van der Waals surface area (Å²) in [5.74, 6) is 1.00. The molecule has 2 rings (SSSR count). The van der Waals surface area contributed by atoms with Crippen molar-refractivity contribution in [1.29, 1.82) is 0 Å². The number of nitrogens with zero attached hydrogens (tertiary/aromatic N) is 2. The molecular weight excluding hydrogens is 322 g/mol. The number of hydrogen-bond acceptors (Lipinski definition) is 4. The second-order valence-corrected chi connectivity index (χ2v) is 6.46. The molecule has 0 fully saturated rings. The number of rotatable bonds is 5. The van der Waals surface area contributed by atoms with Crippen LogP contribution in [0.5, 0.6) is 0 Å². The number of hydrogen-bond donors (Lipinski definition) is 1. The third-order valence-corrected chi connectivity index (χ3v) is 4.79. The van der Waals surface area contributed by atoms with Crippen LogP contribution in [0.15, 0.2) is 34.2 Å².